The van der Waals surface area contributed by atoms with Gasteiger partial charge in [0.15, 0.2) is 0 Å². The number of benzene rings is 1. The number of anilines is 1. The quantitative estimate of drug-likeness (QED) is 0.782. The highest BCUT2D eigenvalue weighted by molar-refractivity contribution is 5.76. The van der Waals surface area contributed by atoms with Gasteiger partial charge < -0.3 is 9.88 Å². The van der Waals surface area contributed by atoms with E-state index in [-0.39, 0.29) is 0 Å². The number of nitrogens with one attached hydrogen (secondary N) is 1. The third-order valence-corrected chi connectivity index (χ3v) is 3.63. The molecule has 110 valence electrons. The van der Waals surface area contributed by atoms with Gasteiger partial charge in [-0.1, -0.05) is 19.1 Å². The topological polar surface area (TPSA) is 47.7 Å². The smallest absolute Gasteiger partial charge is 0.129 e. The molecule has 5 nitrogen and oxygen atoms in total. The Kier molecular flexibility index (Phi) is 3.64. The van der Waals surface area contributed by atoms with Crippen molar-refractivity contribution in [1.82, 2.24) is 19.3 Å². The fourth-order valence-corrected chi connectivity index (χ4v) is 2.68. The lowest BCUT2D eigenvalue weighted by Gasteiger charge is -2.09. The lowest BCUT2D eigenvalue weighted by molar-refractivity contribution is 0.661. The largest absolute Gasteiger partial charge is 0.375 e. The van der Waals surface area contributed by atoms with Crippen LogP contribution in [0.3, 0.4) is 0 Å². The van der Waals surface area contributed by atoms with E-state index in [1.807, 2.05) is 30.9 Å². The van der Waals surface area contributed by atoms with Crippen LogP contribution in [0, 0.1) is 6.92 Å². The van der Waals surface area contributed by atoms with Crippen molar-refractivity contribution in [2.24, 2.45) is 7.05 Å². The van der Waals surface area contributed by atoms with Crippen molar-refractivity contribution in [3.8, 4) is 0 Å². The maximum atomic E-state index is 4.76. The van der Waals surface area contributed by atoms with E-state index in [0.29, 0.717) is 6.54 Å². The molecule has 0 amide bonds. The van der Waals surface area contributed by atoms with Crippen molar-refractivity contribution in [3.63, 3.8) is 0 Å². The van der Waals surface area contributed by atoms with E-state index in [0.717, 1.165) is 35.7 Å². The van der Waals surface area contributed by atoms with Crippen molar-refractivity contribution in [3.05, 3.63) is 42.0 Å². The molecule has 0 aliphatic rings. The van der Waals surface area contributed by atoms with Crippen LogP contribution in [0.5, 0.6) is 0 Å². The predicted molar refractivity (Wildman–Crippen MR) is 85.3 cm³/mol. The molecular weight excluding hydrogens is 262 g/mol. The van der Waals surface area contributed by atoms with Crippen LogP contribution in [0.15, 0.2) is 30.5 Å². The van der Waals surface area contributed by atoms with Gasteiger partial charge in [-0.05, 0) is 25.5 Å². The van der Waals surface area contributed by atoms with Crippen molar-refractivity contribution in [2.75, 3.05) is 5.32 Å². The van der Waals surface area contributed by atoms with Crippen LogP contribution < -0.4 is 5.32 Å². The maximum absolute atomic E-state index is 4.76. The van der Waals surface area contributed by atoms with E-state index in [4.69, 9.17) is 4.98 Å². The average molecular weight is 283 g/mol. The van der Waals surface area contributed by atoms with Crippen LogP contribution in [0.1, 0.15) is 24.9 Å². The summed E-state index contributed by atoms with van der Waals surface area (Å²) in [5.74, 6) is 1.07. The lowest BCUT2D eigenvalue weighted by Crippen LogP contribution is -2.09. The number of aryl methyl sites for hydroxylation is 3. The molecule has 2 aromatic heterocycles. The molecule has 3 aromatic rings. The minimum atomic E-state index is 0.710. The summed E-state index contributed by atoms with van der Waals surface area (Å²) in [7, 11) is 1.94. The number of para-hydroxylation sites is 2. The van der Waals surface area contributed by atoms with Crippen molar-refractivity contribution in [2.45, 2.75) is 33.4 Å². The molecular formula is C16H21N5. The normalized spacial score (nSPS) is 11.2. The van der Waals surface area contributed by atoms with Gasteiger partial charge >= 0.3 is 0 Å². The molecule has 0 saturated carbocycles. The first-order valence-corrected chi connectivity index (χ1v) is 7.37. The van der Waals surface area contributed by atoms with Crippen LogP contribution >= 0.6 is 0 Å². The van der Waals surface area contributed by atoms with E-state index >= 15 is 0 Å². The standard InChI is InChI=1S/C16H21N5/c1-4-9-21-15-8-6-5-7-13(15)18-16(21)10-17-14-11-20(3)19-12(14)2/h5-8,11,17H,4,9-10H2,1-3H3. The van der Waals surface area contributed by atoms with Gasteiger partial charge in [-0.25, -0.2) is 4.98 Å². The summed E-state index contributed by atoms with van der Waals surface area (Å²) in [4.78, 5) is 4.76. The first-order chi connectivity index (χ1) is 10.2. The summed E-state index contributed by atoms with van der Waals surface area (Å²) in [5, 5.41) is 7.79. The number of fused-ring (bicyclic) bond motifs is 1. The molecule has 1 aromatic carbocycles. The van der Waals surface area contributed by atoms with Crippen molar-refractivity contribution in [1.29, 1.82) is 0 Å². The van der Waals surface area contributed by atoms with Crippen LogP contribution in [-0.2, 0) is 20.1 Å². The molecule has 2 heterocycles. The fraction of sp³-hybridized carbons (Fsp3) is 0.375. The van der Waals surface area contributed by atoms with E-state index in [9.17, 15) is 0 Å². The molecule has 1 N–H and O–H groups in total. The summed E-state index contributed by atoms with van der Waals surface area (Å²) in [6.07, 6.45) is 3.10. The fourth-order valence-electron chi connectivity index (χ4n) is 2.68. The molecule has 0 radical (unpaired) electrons. The molecule has 0 atom stereocenters. The SMILES string of the molecule is CCCn1c(CNc2cn(C)nc2C)nc2ccccc21. The molecule has 0 spiro atoms. The Hall–Kier alpha value is -2.30. The van der Waals surface area contributed by atoms with Gasteiger partial charge in [0.05, 0.1) is 29.0 Å². The predicted octanol–water partition coefficient (Wildman–Crippen LogP) is 3.10. The maximum Gasteiger partial charge on any atom is 0.129 e. The van der Waals surface area contributed by atoms with Gasteiger partial charge in [0.25, 0.3) is 0 Å². The molecule has 3 rings (SSSR count). The Balaban J connectivity index is 1.89. The Labute approximate surface area is 124 Å². The second-order valence-corrected chi connectivity index (χ2v) is 5.32. The van der Waals surface area contributed by atoms with Gasteiger partial charge in [-0.2, -0.15) is 5.10 Å². The van der Waals surface area contributed by atoms with E-state index in [2.05, 4.69) is 40.1 Å². The first kappa shape index (κ1) is 13.7. The first-order valence-electron chi connectivity index (χ1n) is 7.37. The highest BCUT2D eigenvalue weighted by Crippen LogP contribution is 2.18. The van der Waals surface area contributed by atoms with Crippen LogP contribution in [0.4, 0.5) is 5.69 Å². The molecule has 0 fully saturated rings. The number of hydrogen-bond donors (Lipinski definition) is 1. The molecule has 0 aliphatic heterocycles. The van der Waals surface area contributed by atoms with E-state index in [1.165, 1.54) is 5.52 Å². The molecule has 0 bridgehead atoms. The number of rotatable bonds is 5. The Morgan fingerprint density at radius 2 is 2.05 bits per heavy atom. The summed E-state index contributed by atoms with van der Waals surface area (Å²) in [6.45, 7) is 5.90. The summed E-state index contributed by atoms with van der Waals surface area (Å²) in [6, 6.07) is 8.31. The lowest BCUT2D eigenvalue weighted by atomic mass is 10.3. The zero-order valence-corrected chi connectivity index (χ0v) is 12.8. The Morgan fingerprint density at radius 1 is 1.24 bits per heavy atom. The van der Waals surface area contributed by atoms with Gasteiger partial charge in [0, 0.05) is 19.8 Å². The molecule has 0 saturated heterocycles. The van der Waals surface area contributed by atoms with Gasteiger partial charge in [0.2, 0.25) is 0 Å². The monoisotopic (exact) mass is 283 g/mol. The summed E-state index contributed by atoms with van der Waals surface area (Å²) in [5.41, 5.74) is 4.34. The molecule has 21 heavy (non-hydrogen) atoms. The minimum absolute atomic E-state index is 0.710. The van der Waals surface area contributed by atoms with Crippen molar-refractivity contribution >= 4 is 16.7 Å². The van der Waals surface area contributed by atoms with E-state index in [1.54, 1.807) is 0 Å². The summed E-state index contributed by atoms with van der Waals surface area (Å²) < 4.78 is 4.13. The third-order valence-electron chi connectivity index (χ3n) is 3.63. The zero-order valence-electron chi connectivity index (χ0n) is 12.8. The van der Waals surface area contributed by atoms with Gasteiger partial charge in [0.1, 0.15) is 5.82 Å². The van der Waals surface area contributed by atoms with E-state index < -0.39 is 0 Å². The van der Waals surface area contributed by atoms with Crippen LogP contribution in [-0.4, -0.2) is 19.3 Å². The number of aromatic nitrogens is 4. The Bertz CT molecular complexity index is 753. The second-order valence-electron chi connectivity index (χ2n) is 5.32. The number of nitrogens with zero attached hydrogens (tertiary/aromatic N) is 4. The summed E-state index contributed by atoms with van der Waals surface area (Å²) >= 11 is 0. The van der Waals surface area contributed by atoms with Crippen LogP contribution in [0.2, 0.25) is 0 Å². The Morgan fingerprint density at radius 3 is 2.76 bits per heavy atom. The number of hydrogen-bond acceptors (Lipinski definition) is 3. The van der Waals surface area contributed by atoms with Crippen LogP contribution in [0.25, 0.3) is 11.0 Å². The zero-order chi connectivity index (χ0) is 14.8. The van der Waals surface area contributed by atoms with Gasteiger partial charge in [-0.15, -0.1) is 0 Å². The second kappa shape index (κ2) is 5.60. The third kappa shape index (κ3) is 2.63. The highest BCUT2D eigenvalue weighted by Gasteiger charge is 2.10. The highest BCUT2D eigenvalue weighted by atomic mass is 15.3. The molecule has 0 unspecified atom stereocenters. The molecule has 5 heteroatoms. The number of imidazole rings is 1. The van der Waals surface area contributed by atoms with Gasteiger partial charge in [-0.3, -0.25) is 4.68 Å². The average Bonchev–Trinajstić information content (AvgIpc) is 2.97. The van der Waals surface area contributed by atoms with Crippen molar-refractivity contribution < 1.29 is 0 Å². The molecule has 0 aliphatic carbocycles. The minimum Gasteiger partial charge on any atom is -0.375 e.